The summed E-state index contributed by atoms with van der Waals surface area (Å²) in [5.74, 6) is 1.80. The Kier molecular flexibility index (Phi) is 7.89. The molecule has 2 aliphatic heterocycles. The largest absolute Gasteiger partial charge is 0.453 e. The van der Waals surface area contributed by atoms with Crippen LogP contribution >= 0.6 is 0 Å². The molecular formula is C45H28F6N2O2. The van der Waals surface area contributed by atoms with E-state index in [9.17, 15) is 0 Å². The molecule has 272 valence electrons. The molecule has 2 heterocycles. The zero-order valence-corrected chi connectivity index (χ0v) is 28.9. The van der Waals surface area contributed by atoms with E-state index in [1.165, 1.54) is 42.5 Å². The Hall–Kier alpha value is -6.68. The molecular weight excluding hydrogens is 714 g/mol. The Labute approximate surface area is 312 Å². The van der Waals surface area contributed by atoms with E-state index in [4.69, 9.17) is 9.47 Å². The number of benzene rings is 7. The molecule has 0 aliphatic carbocycles. The first kappa shape index (κ1) is 34.1. The van der Waals surface area contributed by atoms with Gasteiger partial charge in [0.2, 0.25) is 0 Å². The topological polar surface area (TPSA) is 24.9 Å². The van der Waals surface area contributed by atoms with Gasteiger partial charge in [0, 0.05) is 11.1 Å². The molecule has 0 atom stereocenters. The van der Waals surface area contributed by atoms with Crippen LogP contribution in [-0.4, -0.2) is 0 Å². The van der Waals surface area contributed by atoms with Crippen molar-refractivity contribution in [1.29, 1.82) is 0 Å². The van der Waals surface area contributed by atoms with Crippen molar-refractivity contribution in [2.24, 2.45) is 0 Å². The Morgan fingerprint density at radius 1 is 0.382 bits per heavy atom. The van der Waals surface area contributed by atoms with Gasteiger partial charge in [0.05, 0.1) is 45.3 Å². The summed E-state index contributed by atoms with van der Waals surface area (Å²) in [5.41, 5.74) is 1.06. The second-order valence-corrected chi connectivity index (χ2v) is 13.1. The predicted octanol–water partition coefficient (Wildman–Crippen LogP) is 14.5. The predicted molar refractivity (Wildman–Crippen MR) is 202 cm³/mol. The molecule has 0 saturated heterocycles. The molecule has 4 nitrogen and oxygen atoms in total. The number of hydrogen-bond donors (Lipinski definition) is 0. The number of fused-ring (bicyclic) bond motifs is 4. The lowest BCUT2D eigenvalue weighted by Crippen LogP contribution is -2.22. The van der Waals surface area contributed by atoms with Crippen LogP contribution in [0.1, 0.15) is 16.7 Å². The van der Waals surface area contributed by atoms with Crippen LogP contribution in [0.3, 0.4) is 0 Å². The van der Waals surface area contributed by atoms with Crippen molar-refractivity contribution in [3.63, 3.8) is 0 Å². The molecule has 0 saturated carbocycles. The highest BCUT2D eigenvalue weighted by atomic mass is 19.4. The van der Waals surface area contributed by atoms with Gasteiger partial charge in [0.25, 0.3) is 0 Å². The van der Waals surface area contributed by atoms with Crippen molar-refractivity contribution >= 4 is 34.1 Å². The van der Waals surface area contributed by atoms with Crippen molar-refractivity contribution in [2.45, 2.75) is 19.3 Å². The average Bonchev–Trinajstić information content (AvgIpc) is 3.18. The van der Waals surface area contributed by atoms with E-state index < -0.39 is 23.5 Å². The van der Waals surface area contributed by atoms with Crippen LogP contribution in [0.25, 0.3) is 22.3 Å². The maximum Gasteiger partial charge on any atom is 0.417 e. The van der Waals surface area contributed by atoms with E-state index in [-0.39, 0.29) is 22.3 Å². The number of halogens is 6. The van der Waals surface area contributed by atoms with Gasteiger partial charge in [-0.05, 0) is 90.3 Å². The first-order valence-corrected chi connectivity index (χ1v) is 17.3. The molecule has 7 aromatic carbocycles. The first-order chi connectivity index (χ1) is 26.5. The van der Waals surface area contributed by atoms with E-state index in [0.717, 1.165) is 12.1 Å². The maximum absolute atomic E-state index is 15.0. The molecule has 9 rings (SSSR count). The Morgan fingerprint density at radius 3 is 1.00 bits per heavy atom. The normalized spacial score (nSPS) is 13.2. The third-order valence-corrected chi connectivity index (χ3v) is 9.87. The van der Waals surface area contributed by atoms with Gasteiger partial charge in [-0.15, -0.1) is 0 Å². The van der Waals surface area contributed by atoms with Crippen LogP contribution in [0.15, 0.2) is 152 Å². The van der Waals surface area contributed by atoms with Gasteiger partial charge in [-0.1, -0.05) is 84.9 Å². The molecule has 0 radical (unpaired) electrons. The van der Waals surface area contributed by atoms with E-state index in [1.54, 1.807) is 104 Å². The smallest absolute Gasteiger partial charge is 0.417 e. The molecule has 7 aromatic rings. The zero-order valence-electron chi connectivity index (χ0n) is 28.9. The van der Waals surface area contributed by atoms with Crippen LogP contribution in [0.4, 0.5) is 60.5 Å². The Morgan fingerprint density at radius 2 is 0.673 bits per heavy atom. The molecule has 0 unspecified atom stereocenters. The lowest BCUT2D eigenvalue weighted by Gasteiger charge is -2.39. The van der Waals surface area contributed by atoms with Crippen molar-refractivity contribution in [3.05, 3.63) is 168 Å². The van der Waals surface area contributed by atoms with Crippen molar-refractivity contribution in [1.82, 2.24) is 0 Å². The summed E-state index contributed by atoms with van der Waals surface area (Å²) >= 11 is 0. The quantitative estimate of drug-likeness (QED) is 0.168. The third kappa shape index (κ3) is 5.64. The van der Waals surface area contributed by atoms with E-state index >= 15 is 26.3 Å². The number of para-hydroxylation sites is 8. The van der Waals surface area contributed by atoms with Crippen LogP contribution < -0.4 is 19.3 Å². The average molecular weight is 743 g/mol. The fraction of sp³-hybridized carbons (Fsp3) is 0.0667. The maximum atomic E-state index is 15.0. The number of hydrogen-bond acceptors (Lipinski definition) is 4. The van der Waals surface area contributed by atoms with Crippen molar-refractivity contribution in [3.8, 4) is 45.3 Å². The van der Waals surface area contributed by atoms with Crippen LogP contribution in [-0.2, 0) is 12.4 Å². The van der Waals surface area contributed by atoms with Gasteiger partial charge in [0.1, 0.15) is 0 Å². The summed E-state index contributed by atoms with van der Waals surface area (Å²) in [7, 11) is 0. The molecule has 0 spiro atoms. The third-order valence-electron chi connectivity index (χ3n) is 9.87. The monoisotopic (exact) mass is 742 g/mol. The lowest BCUT2D eigenvalue weighted by molar-refractivity contribution is -0.137. The molecule has 0 N–H and O–H groups in total. The van der Waals surface area contributed by atoms with E-state index in [1.807, 2.05) is 9.80 Å². The zero-order chi connectivity index (χ0) is 38.1. The molecule has 10 heteroatoms. The molecule has 0 amide bonds. The van der Waals surface area contributed by atoms with Gasteiger partial charge < -0.3 is 19.3 Å². The lowest BCUT2D eigenvalue weighted by atomic mass is 9.86. The SMILES string of the molecule is Cc1c(N2c3ccccc3Oc3ccccc32)c(-c2ccccc2C(F)(F)F)cc(-c2ccccc2C(F)(F)F)c1N1c2ccccc2Oc2ccccc21. The van der Waals surface area contributed by atoms with Gasteiger partial charge in [-0.25, -0.2) is 0 Å². The number of nitrogens with zero attached hydrogens (tertiary/aromatic N) is 2. The van der Waals surface area contributed by atoms with Crippen molar-refractivity contribution in [2.75, 3.05) is 9.80 Å². The highest BCUT2D eigenvalue weighted by Gasteiger charge is 2.40. The summed E-state index contributed by atoms with van der Waals surface area (Å²) in [4.78, 5) is 3.68. The number of rotatable bonds is 4. The summed E-state index contributed by atoms with van der Waals surface area (Å²) in [5, 5.41) is 0. The highest BCUT2D eigenvalue weighted by Crippen LogP contribution is 2.60. The summed E-state index contributed by atoms with van der Waals surface area (Å²) < 4.78 is 103. The minimum Gasteiger partial charge on any atom is -0.453 e. The van der Waals surface area contributed by atoms with Crippen LogP contribution in [0, 0.1) is 6.92 Å². The number of anilines is 6. The fourth-order valence-corrected chi connectivity index (χ4v) is 7.61. The van der Waals surface area contributed by atoms with Gasteiger partial charge in [-0.2, -0.15) is 26.3 Å². The van der Waals surface area contributed by atoms with Gasteiger partial charge in [-0.3, -0.25) is 0 Å². The van der Waals surface area contributed by atoms with Gasteiger partial charge >= 0.3 is 12.4 Å². The second kappa shape index (κ2) is 12.7. The highest BCUT2D eigenvalue weighted by molar-refractivity contribution is 6.04. The number of ether oxygens (including phenoxy) is 2. The minimum atomic E-state index is -4.80. The van der Waals surface area contributed by atoms with Crippen LogP contribution in [0.5, 0.6) is 23.0 Å². The summed E-state index contributed by atoms with van der Waals surface area (Å²) in [6.07, 6.45) is -9.60. The molecule has 55 heavy (non-hydrogen) atoms. The fourth-order valence-electron chi connectivity index (χ4n) is 7.61. The standard InChI is InChI=1S/C45H28F6N2O2/c1-27-42(52-34-18-6-10-22-38(34)54-39-23-11-7-19-35(39)52)30(28-14-2-4-16-32(28)44(46,47)48)26-31(29-15-3-5-17-33(29)45(49,50)51)43(27)53-36-20-8-12-24-40(36)55-41-25-13-9-21-37(41)53/h2-26H,1H3. The van der Waals surface area contributed by atoms with Crippen LogP contribution in [0.2, 0.25) is 0 Å². The Balaban J connectivity index is 1.50. The molecule has 0 fully saturated rings. The second-order valence-electron chi connectivity index (χ2n) is 13.1. The molecule has 2 aliphatic rings. The first-order valence-electron chi connectivity index (χ1n) is 17.3. The summed E-state index contributed by atoms with van der Waals surface area (Å²) in [6, 6.07) is 40.4. The van der Waals surface area contributed by atoms with E-state index in [2.05, 4.69) is 0 Å². The minimum absolute atomic E-state index is 0.0717. The van der Waals surface area contributed by atoms with Gasteiger partial charge in [0.15, 0.2) is 23.0 Å². The van der Waals surface area contributed by atoms with E-state index in [0.29, 0.717) is 62.7 Å². The Bertz CT molecular complexity index is 2370. The van der Waals surface area contributed by atoms with Crippen molar-refractivity contribution < 1.29 is 35.8 Å². The molecule has 0 aromatic heterocycles. The molecule has 0 bridgehead atoms. The number of alkyl halides is 6. The summed E-state index contributed by atoms with van der Waals surface area (Å²) in [6.45, 7) is 1.74.